The first-order valence-corrected chi connectivity index (χ1v) is 29.0. The molecular weight excluding hydrogens is 883 g/mol. The summed E-state index contributed by atoms with van der Waals surface area (Å²) < 4.78 is 11.1. The Morgan fingerprint density at radius 3 is 1.27 bits per heavy atom. The minimum absolute atomic E-state index is 0.239. The number of unbranched alkanes of at least 4 members (excludes halogenated alkanes) is 29. The highest BCUT2D eigenvalue weighted by Gasteiger charge is 2.44. The van der Waals surface area contributed by atoms with Gasteiger partial charge in [-0.05, 0) is 89.9 Å². The summed E-state index contributed by atoms with van der Waals surface area (Å²) in [5, 5.41) is 76.1. The van der Waals surface area contributed by atoms with E-state index in [1.807, 2.05) is 0 Å². The van der Waals surface area contributed by atoms with Crippen molar-refractivity contribution in [3.63, 3.8) is 0 Å². The van der Waals surface area contributed by atoms with Crippen molar-refractivity contribution in [2.75, 3.05) is 13.2 Å². The van der Waals surface area contributed by atoms with Gasteiger partial charge in [0.25, 0.3) is 0 Å². The normalized spacial score (nSPS) is 20.6. The van der Waals surface area contributed by atoms with E-state index in [0.29, 0.717) is 19.3 Å². The molecule has 70 heavy (non-hydrogen) atoms. The highest BCUT2D eigenvalue weighted by Crippen LogP contribution is 2.23. The zero-order valence-corrected chi connectivity index (χ0v) is 44.7. The topological polar surface area (TPSA) is 189 Å². The van der Waals surface area contributed by atoms with Crippen LogP contribution in [0.3, 0.4) is 0 Å². The lowest BCUT2D eigenvalue weighted by Crippen LogP contribution is -2.60. The third kappa shape index (κ3) is 36.1. The Bertz CT molecular complexity index is 1280. The number of nitrogens with one attached hydrogen (secondary N) is 1. The second kappa shape index (κ2) is 48.0. The number of hydrogen-bond acceptors (Lipinski definition) is 10. The molecule has 0 aromatic heterocycles. The number of aliphatic hydroxyl groups excluding tert-OH is 7. The summed E-state index contributed by atoms with van der Waals surface area (Å²) in [6.07, 6.45) is 48.8. The minimum atomic E-state index is -1.68. The van der Waals surface area contributed by atoms with Gasteiger partial charge in [-0.15, -0.1) is 0 Å². The Kier molecular flexibility index (Phi) is 45.3. The highest BCUT2D eigenvalue weighted by molar-refractivity contribution is 5.80. The average molecular weight is 993 g/mol. The fraction of sp³-hybridized carbons (Fsp3) is 0.847. The van der Waals surface area contributed by atoms with Crippen molar-refractivity contribution < 1.29 is 50.0 Å². The van der Waals surface area contributed by atoms with E-state index in [4.69, 9.17) is 9.47 Å². The fourth-order valence-electron chi connectivity index (χ4n) is 9.06. The summed E-state index contributed by atoms with van der Waals surface area (Å²) in [5.74, 6) is -0.717. The molecule has 0 saturated carbocycles. The van der Waals surface area contributed by atoms with E-state index in [9.17, 15) is 40.5 Å². The fourth-order valence-corrected chi connectivity index (χ4v) is 9.06. The molecule has 0 spiro atoms. The van der Waals surface area contributed by atoms with Crippen molar-refractivity contribution in [3.8, 4) is 0 Å². The van der Waals surface area contributed by atoms with Crippen molar-refractivity contribution in [1.82, 2.24) is 5.32 Å². The van der Waals surface area contributed by atoms with Gasteiger partial charge in [-0.2, -0.15) is 0 Å². The van der Waals surface area contributed by atoms with Gasteiger partial charge < -0.3 is 50.5 Å². The molecule has 1 aliphatic rings. The zero-order valence-electron chi connectivity index (χ0n) is 44.7. The first-order valence-electron chi connectivity index (χ1n) is 29.0. The van der Waals surface area contributed by atoms with E-state index in [1.54, 1.807) is 0 Å². The van der Waals surface area contributed by atoms with Gasteiger partial charge in [0.1, 0.15) is 36.6 Å². The summed E-state index contributed by atoms with van der Waals surface area (Å²) in [4.78, 5) is 13.2. The van der Waals surface area contributed by atoms with Crippen LogP contribution in [0.25, 0.3) is 0 Å². The number of rotatable bonds is 49. The Morgan fingerprint density at radius 2 is 0.857 bits per heavy atom. The summed E-state index contributed by atoms with van der Waals surface area (Å²) in [5.41, 5.74) is 0. The van der Waals surface area contributed by atoms with Gasteiger partial charge in [0.2, 0.25) is 5.91 Å². The van der Waals surface area contributed by atoms with Crippen LogP contribution in [0.2, 0.25) is 0 Å². The zero-order chi connectivity index (χ0) is 51.1. The number of carbonyl (C=O) groups is 1. The van der Waals surface area contributed by atoms with E-state index in [1.165, 1.54) is 141 Å². The summed E-state index contributed by atoms with van der Waals surface area (Å²) in [6, 6.07) is -1.20. The molecule has 0 aromatic rings. The van der Waals surface area contributed by atoms with Gasteiger partial charge in [0, 0.05) is 0 Å². The lowest BCUT2D eigenvalue weighted by Gasteiger charge is -2.40. The molecule has 1 aliphatic heterocycles. The van der Waals surface area contributed by atoms with Crippen molar-refractivity contribution in [1.29, 1.82) is 0 Å². The quantitative estimate of drug-likeness (QED) is 0.0215. The minimum Gasteiger partial charge on any atom is -0.394 e. The maximum Gasteiger partial charge on any atom is 0.249 e. The molecule has 410 valence electrons. The second-order valence-electron chi connectivity index (χ2n) is 20.3. The van der Waals surface area contributed by atoms with Crippen LogP contribution in [0.4, 0.5) is 0 Å². The van der Waals surface area contributed by atoms with E-state index >= 15 is 0 Å². The van der Waals surface area contributed by atoms with Crippen LogP contribution in [0.1, 0.15) is 251 Å². The van der Waals surface area contributed by atoms with Crippen LogP contribution >= 0.6 is 0 Å². The van der Waals surface area contributed by atoms with E-state index in [-0.39, 0.29) is 12.8 Å². The summed E-state index contributed by atoms with van der Waals surface area (Å²) in [6.45, 7) is 3.44. The standard InChI is InChI=1S/C59H109NO10/c1-3-5-7-9-11-13-15-17-19-21-23-24-25-26-27-28-29-31-32-34-36-38-40-42-44-46-51(62)54(64)50(49-69-59-57(67)56(66)55(65)53(48-61)70-59)60-58(68)52(63)47-45-43-41-39-37-35-33-30-22-20-18-16-14-12-10-8-6-4-2/h22,26-27,30-32,38,40,50-57,59,61-67H,3-21,23-25,28-29,33-37,39,41-49H2,1-2H3,(H,60,68)/b27-26+,30-22-,32-31+,40-38+. The molecule has 1 fully saturated rings. The molecule has 0 aromatic carbocycles. The molecule has 1 rings (SSSR count). The molecule has 1 saturated heterocycles. The van der Waals surface area contributed by atoms with Crippen LogP contribution in [0.15, 0.2) is 48.6 Å². The Balaban J connectivity index is 2.37. The maximum atomic E-state index is 13.2. The molecular formula is C59H109NO10. The van der Waals surface area contributed by atoms with E-state index in [0.717, 1.165) is 64.2 Å². The third-order valence-electron chi connectivity index (χ3n) is 13.8. The largest absolute Gasteiger partial charge is 0.394 e. The lowest BCUT2D eigenvalue weighted by molar-refractivity contribution is -0.303. The number of allylic oxidation sites excluding steroid dienone is 8. The first kappa shape index (κ1) is 66.1. The molecule has 1 amide bonds. The number of amides is 1. The van der Waals surface area contributed by atoms with Crippen molar-refractivity contribution in [2.45, 2.75) is 306 Å². The molecule has 0 radical (unpaired) electrons. The molecule has 0 bridgehead atoms. The summed E-state index contributed by atoms with van der Waals surface area (Å²) in [7, 11) is 0. The first-order chi connectivity index (χ1) is 34.2. The average Bonchev–Trinajstić information content (AvgIpc) is 3.36. The smallest absolute Gasteiger partial charge is 0.249 e. The van der Waals surface area contributed by atoms with Crippen molar-refractivity contribution in [2.24, 2.45) is 0 Å². The molecule has 11 nitrogen and oxygen atoms in total. The number of hydrogen-bond donors (Lipinski definition) is 8. The van der Waals surface area contributed by atoms with Gasteiger partial charge in [0.15, 0.2) is 6.29 Å². The number of ether oxygens (including phenoxy) is 2. The SMILES string of the molecule is CCCCCCCCCC/C=C\CCCCCCCCC(O)C(=O)NC(COC1OC(CO)C(O)C(O)C1O)C(O)C(O)CCC/C=C/CC/C=C/CC/C=C/CCCCCCCCCCCCCC. The predicted octanol–water partition coefficient (Wildman–Crippen LogP) is 12.1. The van der Waals surface area contributed by atoms with Crippen molar-refractivity contribution >= 4 is 5.91 Å². The van der Waals surface area contributed by atoms with Gasteiger partial charge in [-0.1, -0.05) is 210 Å². The van der Waals surface area contributed by atoms with Gasteiger partial charge in [0.05, 0.1) is 25.4 Å². The Labute approximate surface area is 428 Å². The van der Waals surface area contributed by atoms with Crippen LogP contribution in [-0.4, -0.2) is 110 Å². The molecule has 9 atom stereocenters. The van der Waals surface area contributed by atoms with Crippen LogP contribution < -0.4 is 5.32 Å². The number of aliphatic hydroxyl groups is 7. The van der Waals surface area contributed by atoms with Crippen LogP contribution in [0.5, 0.6) is 0 Å². The molecule has 11 heteroatoms. The van der Waals surface area contributed by atoms with E-state index < -0.39 is 74.2 Å². The van der Waals surface area contributed by atoms with Crippen LogP contribution in [-0.2, 0) is 14.3 Å². The predicted molar refractivity (Wildman–Crippen MR) is 288 cm³/mol. The second-order valence-corrected chi connectivity index (χ2v) is 20.3. The number of carbonyl (C=O) groups excluding carboxylic acids is 1. The monoisotopic (exact) mass is 992 g/mol. The molecule has 0 aliphatic carbocycles. The van der Waals surface area contributed by atoms with Gasteiger partial charge in [-0.3, -0.25) is 4.79 Å². The van der Waals surface area contributed by atoms with Gasteiger partial charge >= 0.3 is 0 Å². The third-order valence-corrected chi connectivity index (χ3v) is 13.8. The molecule has 8 N–H and O–H groups in total. The van der Waals surface area contributed by atoms with Gasteiger partial charge in [-0.25, -0.2) is 0 Å². The molecule has 1 heterocycles. The highest BCUT2D eigenvalue weighted by atomic mass is 16.7. The lowest BCUT2D eigenvalue weighted by atomic mass is 9.98. The Hall–Kier alpha value is -1.93. The maximum absolute atomic E-state index is 13.2. The van der Waals surface area contributed by atoms with Crippen LogP contribution in [0, 0.1) is 0 Å². The molecule has 9 unspecified atom stereocenters. The summed E-state index contributed by atoms with van der Waals surface area (Å²) >= 11 is 0. The Morgan fingerprint density at radius 1 is 0.486 bits per heavy atom. The van der Waals surface area contributed by atoms with E-state index in [2.05, 4.69) is 67.8 Å². The van der Waals surface area contributed by atoms with Crippen molar-refractivity contribution in [3.05, 3.63) is 48.6 Å².